The Kier molecular flexibility index (Phi) is 5.05. The number of carbonyl (C=O) groups is 1. The molecule has 0 aliphatic heterocycles. The predicted octanol–water partition coefficient (Wildman–Crippen LogP) is 4.32. The molecule has 0 spiro atoms. The van der Waals surface area contributed by atoms with Gasteiger partial charge in [-0.3, -0.25) is 4.79 Å². The molecule has 3 nitrogen and oxygen atoms in total. The van der Waals surface area contributed by atoms with E-state index in [2.05, 4.69) is 22.4 Å². The monoisotopic (exact) mass is 342 g/mol. The average molecular weight is 343 g/mol. The molecule has 0 atom stereocenters. The third kappa shape index (κ3) is 4.18. The fourth-order valence-corrected chi connectivity index (χ4v) is 3.24. The summed E-state index contributed by atoms with van der Waals surface area (Å²) in [5, 5.41) is 6.32. The Morgan fingerprint density at radius 2 is 1.83 bits per heavy atom. The van der Waals surface area contributed by atoms with Crippen molar-refractivity contribution in [2.24, 2.45) is 0 Å². The van der Waals surface area contributed by atoms with Crippen molar-refractivity contribution >= 4 is 28.8 Å². The molecule has 0 fully saturated rings. The van der Waals surface area contributed by atoms with Gasteiger partial charge in [0.25, 0.3) is 5.91 Å². The number of aromatic nitrogens is 1. The molecule has 0 aliphatic carbocycles. The summed E-state index contributed by atoms with van der Waals surface area (Å²) >= 11 is 7.63. The SMILES string of the molecule is O=C(NCc1csc(Cc2ccccc2)n1)c1ccccc1Cl. The number of halogens is 1. The van der Waals surface area contributed by atoms with Gasteiger partial charge in [-0.05, 0) is 17.7 Å². The van der Waals surface area contributed by atoms with Gasteiger partial charge in [0.05, 0.1) is 27.8 Å². The molecular formula is C18H15ClN2OS. The molecule has 1 heterocycles. The zero-order chi connectivity index (χ0) is 16.1. The van der Waals surface area contributed by atoms with Gasteiger partial charge in [-0.2, -0.15) is 0 Å². The first-order valence-electron chi connectivity index (χ1n) is 7.22. The van der Waals surface area contributed by atoms with Crippen LogP contribution in [0.25, 0.3) is 0 Å². The largest absolute Gasteiger partial charge is 0.346 e. The van der Waals surface area contributed by atoms with Gasteiger partial charge in [-0.15, -0.1) is 11.3 Å². The minimum Gasteiger partial charge on any atom is -0.346 e. The number of amides is 1. The van der Waals surface area contributed by atoms with Crippen molar-refractivity contribution in [1.82, 2.24) is 10.3 Å². The molecular weight excluding hydrogens is 328 g/mol. The minimum absolute atomic E-state index is 0.187. The number of benzene rings is 2. The summed E-state index contributed by atoms with van der Waals surface area (Å²) in [7, 11) is 0. The summed E-state index contributed by atoms with van der Waals surface area (Å²) in [5.74, 6) is -0.187. The molecule has 5 heteroatoms. The van der Waals surface area contributed by atoms with Crippen LogP contribution in [-0.2, 0) is 13.0 Å². The molecule has 0 unspecified atom stereocenters. The number of thiazole rings is 1. The highest BCUT2D eigenvalue weighted by atomic mass is 35.5. The smallest absolute Gasteiger partial charge is 0.253 e. The summed E-state index contributed by atoms with van der Waals surface area (Å²) in [6.45, 7) is 0.398. The van der Waals surface area contributed by atoms with Crippen LogP contribution in [0.1, 0.15) is 26.6 Å². The molecule has 3 aromatic rings. The molecule has 0 aliphatic rings. The second-order valence-electron chi connectivity index (χ2n) is 5.06. The van der Waals surface area contributed by atoms with Crippen LogP contribution in [0, 0.1) is 0 Å². The van der Waals surface area contributed by atoms with Gasteiger partial charge in [0.15, 0.2) is 0 Å². The van der Waals surface area contributed by atoms with Gasteiger partial charge in [-0.25, -0.2) is 4.98 Å². The van der Waals surface area contributed by atoms with Gasteiger partial charge >= 0.3 is 0 Å². The Hall–Kier alpha value is -2.17. The van der Waals surface area contributed by atoms with Crippen LogP contribution < -0.4 is 5.32 Å². The highest BCUT2D eigenvalue weighted by Crippen LogP contribution is 2.16. The van der Waals surface area contributed by atoms with Gasteiger partial charge in [-0.1, -0.05) is 54.1 Å². The van der Waals surface area contributed by atoms with Crippen LogP contribution in [0.15, 0.2) is 60.0 Å². The maximum atomic E-state index is 12.1. The maximum absolute atomic E-state index is 12.1. The van der Waals surface area contributed by atoms with Crippen molar-refractivity contribution in [3.8, 4) is 0 Å². The number of rotatable bonds is 5. The maximum Gasteiger partial charge on any atom is 0.253 e. The van der Waals surface area contributed by atoms with Crippen LogP contribution in [0.5, 0.6) is 0 Å². The van der Waals surface area contributed by atoms with E-state index in [4.69, 9.17) is 11.6 Å². The zero-order valence-corrected chi connectivity index (χ0v) is 13.9. The van der Waals surface area contributed by atoms with E-state index in [1.54, 1.807) is 35.6 Å². The van der Waals surface area contributed by atoms with E-state index in [9.17, 15) is 4.79 Å². The van der Waals surface area contributed by atoms with Crippen molar-refractivity contribution in [3.63, 3.8) is 0 Å². The number of nitrogens with zero attached hydrogens (tertiary/aromatic N) is 1. The minimum atomic E-state index is -0.187. The Bertz CT molecular complexity index is 802. The number of hydrogen-bond acceptors (Lipinski definition) is 3. The zero-order valence-electron chi connectivity index (χ0n) is 12.3. The molecule has 1 amide bonds. The third-order valence-electron chi connectivity index (χ3n) is 3.35. The van der Waals surface area contributed by atoms with Crippen molar-refractivity contribution in [1.29, 1.82) is 0 Å². The first-order valence-corrected chi connectivity index (χ1v) is 8.48. The lowest BCUT2D eigenvalue weighted by Crippen LogP contribution is -2.23. The van der Waals surface area contributed by atoms with Crippen LogP contribution in [0.2, 0.25) is 5.02 Å². The van der Waals surface area contributed by atoms with Crippen LogP contribution in [0.3, 0.4) is 0 Å². The molecule has 0 bridgehead atoms. The first kappa shape index (κ1) is 15.7. The number of nitrogens with one attached hydrogen (secondary N) is 1. The fraction of sp³-hybridized carbons (Fsp3) is 0.111. The summed E-state index contributed by atoms with van der Waals surface area (Å²) < 4.78 is 0. The van der Waals surface area contributed by atoms with Gasteiger partial charge in [0, 0.05) is 11.8 Å². The second kappa shape index (κ2) is 7.40. The van der Waals surface area contributed by atoms with Crippen LogP contribution in [0.4, 0.5) is 0 Å². The highest BCUT2D eigenvalue weighted by molar-refractivity contribution is 7.09. The normalized spacial score (nSPS) is 10.5. The van der Waals surface area contributed by atoms with Gasteiger partial charge in [0.2, 0.25) is 0 Å². The lowest BCUT2D eigenvalue weighted by molar-refractivity contribution is 0.0950. The number of carbonyl (C=O) groups excluding carboxylic acids is 1. The lowest BCUT2D eigenvalue weighted by atomic mass is 10.2. The van der Waals surface area contributed by atoms with E-state index < -0.39 is 0 Å². The predicted molar refractivity (Wildman–Crippen MR) is 94.0 cm³/mol. The molecule has 0 saturated carbocycles. The molecule has 0 radical (unpaired) electrons. The lowest BCUT2D eigenvalue weighted by Gasteiger charge is -2.04. The topological polar surface area (TPSA) is 42.0 Å². The van der Waals surface area contributed by atoms with Crippen molar-refractivity contribution < 1.29 is 4.79 Å². The second-order valence-corrected chi connectivity index (χ2v) is 6.41. The Morgan fingerprint density at radius 3 is 2.61 bits per heavy atom. The highest BCUT2D eigenvalue weighted by Gasteiger charge is 2.10. The fourth-order valence-electron chi connectivity index (χ4n) is 2.19. The molecule has 116 valence electrons. The van der Waals surface area contributed by atoms with Crippen molar-refractivity contribution in [3.05, 3.63) is 86.8 Å². The molecule has 1 N–H and O–H groups in total. The summed E-state index contributed by atoms with van der Waals surface area (Å²) in [6.07, 6.45) is 0.809. The Balaban J connectivity index is 1.59. The van der Waals surface area contributed by atoms with E-state index in [1.165, 1.54) is 5.56 Å². The Labute approximate surface area is 144 Å². The molecule has 1 aromatic heterocycles. The molecule has 0 saturated heterocycles. The van der Waals surface area contributed by atoms with E-state index in [0.29, 0.717) is 17.1 Å². The molecule has 2 aromatic carbocycles. The van der Waals surface area contributed by atoms with Crippen molar-refractivity contribution in [2.75, 3.05) is 0 Å². The third-order valence-corrected chi connectivity index (χ3v) is 4.57. The van der Waals surface area contributed by atoms with E-state index in [0.717, 1.165) is 17.1 Å². The standard InChI is InChI=1S/C18H15ClN2OS/c19-16-9-5-4-8-15(16)18(22)20-11-14-12-23-17(21-14)10-13-6-2-1-3-7-13/h1-9,12H,10-11H2,(H,20,22). The summed E-state index contributed by atoms with van der Waals surface area (Å²) in [5.41, 5.74) is 2.57. The van der Waals surface area contributed by atoms with E-state index in [-0.39, 0.29) is 5.91 Å². The van der Waals surface area contributed by atoms with Crippen LogP contribution in [-0.4, -0.2) is 10.9 Å². The van der Waals surface area contributed by atoms with Crippen LogP contribution >= 0.6 is 22.9 Å². The van der Waals surface area contributed by atoms with E-state index >= 15 is 0 Å². The first-order chi connectivity index (χ1) is 11.2. The van der Waals surface area contributed by atoms with Gasteiger partial charge < -0.3 is 5.32 Å². The average Bonchev–Trinajstić information content (AvgIpc) is 3.01. The Morgan fingerprint density at radius 1 is 1.09 bits per heavy atom. The number of hydrogen-bond donors (Lipinski definition) is 1. The molecule has 3 rings (SSSR count). The van der Waals surface area contributed by atoms with Gasteiger partial charge in [0.1, 0.15) is 0 Å². The summed E-state index contributed by atoms with van der Waals surface area (Å²) in [4.78, 5) is 16.7. The summed E-state index contributed by atoms with van der Waals surface area (Å²) in [6, 6.07) is 17.2. The van der Waals surface area contributed by atoms with E-state index in [1.807, 2.05) is 23.6 Å². The van der Waals surface area contributed by atoms with Crippen molar-refractivity contribution in [2.45, 2.75) is 13.0 Å². The molecule has 23 heavy (non-hydrogen) atoms. The quantitative estimate of drug-likeness (QED) is 0.750.